The number of nitrogens with zero attached hydrogens (tertiary/aromatic N) is 3. The summed E-state index contributed by atoms with van der Waals surface area (Å²) in [7, 11) is 0. The Bertz CT molecular complexity index is 925. The van der Waals surface area contributed by atoms with Crippen LogP contribution in [0.25, 0.3) is 0 Å². The molecule has 0 spiro atoms. The van der Waals surface area contributed by atoms with E-state index in [-0.39, 0.29) is 24.1 Å². The van der Waals surface area contributed by atoms with E-state index in [4.69, 9.17) is 10.5 Å². The van der Waals surface area contributed by atoms with Crippen LogP contribution in [0.4, 0.5) is 23.3 Å². The Morgan fingerprint density at radius 3 is 2.69 bits per heavy atom. The number of rotatable bonds is 5. The quantitative estimate of drug-likeness (QED) is 0.707. The summed E-state index contributed by atoms with van der Waals surface area (Å²) < 4.78 is 5.41. The number of nitrogen functional groups attached to an aromatic ring is 1. The number of amides is 2. The third kappa shape index (κ3) is 3.94. The molecule has 2 amide bonds. The van der Waals surface area contributed by atoms with E-state index in [1.54, 1.807) is 24.3 Å². The zero-order valence-electron chi connectivity index (χ0n) is 16.3. The molecule has 9 heteroatoms. The predicted octanol–water partition coefficient (Wildman–Crippen LogP) is 2.12. The highest BCUT2D eigenvalue weighted by atomic mass is 16.5. The molecule has 1 aromatic heterocycles. The number of carbonyl (C=O) groups excluding carboxylic acids is 2. The Morgan fingerprint density at radius 1 is 1.28 bits per heavy atom. The fourth-order valence-electron chi connectivity index (χ4n) is 3.70. The molecule has 0 bridgehead atoms. The van der Waals surface area contributed by atoms with Gasteiger partial charge in [0.25, 0.3) is 0 Å². The Morgan fingerprint density at radius 2 is 2.00 bits per heavy atom. The van der Waals surface area contributed by atoms with Gasteiger partial charge in [0.1, 0.15) is 17.4 Å². The lowest BCUT2D eigenvalue weighted by Crippen LogP contribution is -2.33. The van der Waals surface area contributed by atoms with Crippen molar-refractivity contribution in [2.45, 2.75) is 32.1 Å². The van der Waals surface area contributed by atoms with Gasteiger partial charge in [0.15, 0.2) is 0 Å². The molecule has 1 aromatic carbocycles. The van der Waals surface area contributed by atoms with Gasteiger partial charge in [0.2, 0.25) is 17.8 Å². The first kappa shape index (κ1) is 19.0. The number of ether oxygens (including phenoxy) is 1. The lowest BCUT2D eigenvalue weighted by molar-refractivity contribution is -0.123. The molecule has 0 radical (unpaired) electrons. The molecule has 4 N–H and O–H groups in total. The van der Waals surface area contributed by atoms with Crippen LogP contribution in [0, 0.1) is 0 Å². The number of nitrogens with one attached hydrogen (secondary N) is 2. The van der Waals surface area contributed by atoms with E-state index >= 15 is 0 Å². The number of nitrogens with two attached hydrogens (primary N) is 1. The van der Waals surface area contributed by atoms with Crippen molar-refractivity contribution in [3.05, 3.63) is 29.8 Å². The maximum Gasteiger partial charge on any atom is 0.232 e. The van der Waals surface area contributed by atoms with Crippen LogP contribution < -0.4 is 26.0 Å². The van der Waals surface area contributed by atoms with Gasteiger partial charge in [-0.1, -0.05) is 0 Å². The summed E-state index contributed by atoms with van der Waals surface area (Å²) in [6.07, 6.45) is 2.13. The molecular formula is C20H24N6O3. The highest BCUT2D eigenvalue weighted by Crippen LogP contribution is 2.37. The third-order valence-electron chi connectivity index (χ3n) is 5.10. The highest BCUT2D eigenvalue weighted by molar-refractivity contribution is 6.05. The van der Waals surface area contributed by atoms with Crippen LogP contribution >= 0.6 is 0 Å². The van der Waals surface area contributed by atoms with Gasteiger partial charge < -0.3 is 26.0 Å². The summed E-state index contributed by atoms with van der Waals surface area (Å²) in [6, 6.07) is 7.06. The SMILES string of the molecule is CCOc1ccc(NC(=O)[C@@H]2CC(=O)Nc3nc(N4CCCC4)nc(N)c32)cc1. The number of fused-ring (bicyclic) bond motifs is 1. The van der Waals surface area contributed by atoms with E-state index in [2.05, 4.69) is 20.6 Å². The molecule has 1 fully saturated rings. The first-order valence-corrected chi connectivity index (χ1v) is 9.81. The standard InChI is InChI=1S/C20H24N6O3/c1-2-29-13-7-5-12(6-8-13)22-19(28)14-11-15(27)23-18-16(14)17(21)24-20(25-18)26-9-3-4-10-26/h5-8,14H,2-4,9-11H2,1H3,(H,22,28)(H3,21,23,24,25,27)/t14-/m1/s1. The van der Waals surface area contributed by atoms with Crippen molar-refractivity contribution in [2.75, 3.05) is 41.0 Å². The van der Waals surface area contributed by atoms with Crippen LogP contribution in [0.5, 0.6) is 5.75 Å². The lowest BCUT2D eigenvalue weighted by atomic mass is 9.92. The maximum atomic E-state index is 12.9. The number of anilines is 4. The first-order valence-electron chi connectivity index (χ1n) is 9.81. The van der Waals surface area contributed by atoms with Crippen molar-refractivity contribution in [2.24, 2.45) is 0 Å². The molecule has 0 saturated carbocycles. The summed E-state index contributed by atoms with van der Waals surface area (Å²) in [5.41, 5.74) is 7.28. The van der Waals surface area contributed by atoms with Gasteiger partial charge in [-0.15, -0.1) is 0 Å². The fraction of sp³-hybridized carbons (Fsp3) is 0.400. The van der Waals surface area contributed by atoms with Crippen LogP contribution in [0.2, 0.25) is 0 Å². The van der Waals surface area contributed by atoms with Crippen LogP contribution in [0.15, 0.2) is 24.3 Å². The predicted molar refractivity (Wildman–Crippen MR) is 110 cm³/mol. The minimum Gasteiger partial charge on any atom is -0.494 e. The van der Waals surface area contributed by atoms with Crippen molar-refractivity contribution in [3.8, 4) is 5.75 Å². The molecule has 1 atom stereocenters. The van der Waals surface area contributed by atoms with Gasteiger partial charge in [-0.2, -0.15) is 9.97 Å². The molecular weight excluding hydrogens is 372 g/mol. The minimum absolute atomic E-state index is 0.00746. The molecule has 4 rings (SSSR count). The van der Waals surface area contributed by atoms with Crippen molar-refractivity contribution >= 4 is 35.1 Å². The summed E-state index contributed by atoms with van der Waals surface area (Å²) in [5, 5.41) is 5.58. The first-order chi connectivity index (χ1) is 14.0. The summed E-state index contributed by atoms with van der Waals surface area (Å²) in [4.78, 5) is 36.1. The number of benzene rings is 1. The molecule has 3 heterocycles. The second kappa shape index (κ2) is 7.94. The molecule has 1 saturated heterocycles. The minimum atomic E-state index is -0.752. The van der Waals surface area contributed by atoms with E-state index in [9.17, 15) is 9.59 Å². The van der Waals surface area contributed by atoms with Crippen LogP contribution in [0.3, 0.4) is 0 Å². The topological polar surface area (TPSA) is 122 Å². The van der Waals surface area contributed by atoms with E-state index in [1.165, 1.54) is 0 Å². The molecule has 2 aliphatic heterocycles. The summed E-state index contributed by atoms with van der Waals surface area (Å²) in [5.74, 6) is 0.417. The normalized spacial score (nSPS) is 18.2. The maximum absolute atomic E-state index is 12.9. The number of hydrogen-bond donors (Lipinski definition) is 3. The molecule has 29 heavy (non-hydrogen) atoms. The van der Waals surface area contributed by atoms with Crippen LogP contribution in [0.1, 0.15) is 37.7 Å². The van der Waals surface area contributed by atoms with E-state index in [0.29, 0.717) is 29.6 Å². The Hall–Kier alpha value is -3.36. The fourth-order valence-corrected chi connectivity index (χ4v) is 3.70. The second-order valence-electron chi connectivity index (χ2n) is 7.12. The van der Waals surface area contributed by atoms with Gasteiger partial charge in [-0.3, -0.25) is 9.59 Å². The van der Waals surface area contributed by atoms with Gasteiger partial charge in [0, 0.05) is 25.2 Å². The molecule has 152 valence electrons. The molecule has 0 aliphatic carbocycles. The van der Waals surface area contributed by atoms with Crippen LogP contribution in [-0.4, -0.2) is 41.5 Å². The number of aromatic nitrogens is 2. The zero-order chi connectivity index (χ0) is 20.4. The zero-order valence-corrected chi connectivity index (χ0v) is 16.3. The molecule has 0 unspecified atom stereocenters. The van der Waals surface area contributed by atoms with Crippen molar-refractivity contribution in [1.82, 2.24) is 9.97 Å². The highest BCUT2D eigenvalue weighted by Gasteiger charge is 2.35. The van der Waals surface area contributed by atoms with Crippen molar-refractivity contribution < 1.29 is 14.3 Å². The van der Waals surface area contributed by atoms with Crippen molar-refractivity contribution in [1.29, 1.82) is 0 Å². The monoisotopic (exact) mass is 396 g/mol. The molecule has 2 aromatic rings. The van der Waals surface area contributed by atoms with Gasteiger partial charge in [0.05, 0.1) is 18.1 Å². The van der Waals surface area contributed by atoms with Gasteiger partial charge in [-0.25, -0.2) is 0 Å². The van der Waals surface area contributed by atoms with Gasteiger partial charge in [-0.05, 0) is 44.0 Å². The van der Waals surface area contributed by atoms with E-state index < -0.39 is 5.92 Å². The molecule has 2 aliphatic rings. The summed E-state index contributed by atoms with van der Waals surface area (Å²) >= 11 is 0. The largest absolute Gasteiger partial charge is 0.494 e. The van der Waals surface area contributed by atoms with Crippen molar-refractivity contribution in [3.63, 3.8) is 0 Å². The van der Waals surface area contributed by atoms with E-state index in [1.807, 2.05) is 11.8 Å². The smallest absolute Gasteiger partial charge is 0.232 e. The van der Waals surface area contributed by atoms with E-state index in [0.717, 1.165) is 31.7 Å². The van der Waals surface area contributed by atoms with Gasteiger partial charge >= 0.3 is 0 Å². The second-order valence-corrected chi connectivity index (χ2v) is 7.12. The number of carbonyl (C=O) groups is 2. The van der Waals surface area contributed by atoms with Crippen LogP contribution in [-0.2, 0) is 9.59 Å². The number of hydrogen-bond acceptors (Lipinski definition) is 7. The summed E-state index contributed by atoms with van der Waals surface area (Å²) in [6.45, 7) is 4.18. The Balaban J connectivity index is 1.58. The Kier molecular flexibility index (Phi) is 5.20. The lowest BCUT2D eigenvalue weighted by Gasteiger charge is -2.26. The Labute approximate surface area is 168 Å². The average Bonchev–Trinajstić information content (AvgIpc) is 3.23. The third-order valence-corrected chi connectivity index (χ3v) is 5.10. The molecule has 9 nitrogen and oxygen atoms in total. The average molecular weight is 396 g/mol.